The molecule has 1 aromatic heterocycles. The summed E-state index contributed by atoms with van der Waals surface area (Å²) in [7, 11) is 0. The normalized spacial score (nSPS) is 10.1. The number of aryl methyl sites for hydroxylation is 1. The minimum Gasteiger partial charge on any atom is -0.344 e. The molecule has 12 heavy (non-hydrogen) atoms. The molecule has 0 fully saturated rings. The van der Waals surface area contributed by atoms with Crippen molar-refractivity contribution in [2.45, 2.75) is 6.92 Å². The summed E-state index contributed by atoms with van der Waals surface area (Å²) in [6, 6.07) is 10.8. The van der Waals surface area contributed by atoms with Crippen LogP contribution in [0.4, 0.5) is 0 Å². The third kappa shape index (κ3) is 1.23. The number of hydrogen-bond donors (Lipinski definition) is 1. The summed E-state index contributed by atoms with van der Waals surface area (Å²) in [6.07, 6.45) is 1.89. The fourth-order valence-corrected chi connectivity index (χ4v) is 1.10. The van der Waals surface area contributed by atoms with E-state index in [9.17, 15) is 0 Å². The molecule has 1 radical (unpaired) electrons. The highest BCUT2D eigenvalue weighted by atomic mass is 14.9. The molecule has 0 saturated heterocycles. The third-order valence-electron chi connectivity index (χ3n) is 1.69. The van der Waals surface area contributed by atoms with E-state index in [0.717, 1.165) is 17.1 Å². The van der Waals surface area contributed by atoms with Crippen molar-refractivity contribution < 1.29 is 0 Å². The molecule has 1 N–H and O–H groups in total. The predicted molar refractivity (Wildman–Crippen MR) is 47.6 cm³/mol. The number of H-pyrrole nitrogens is 1. The summed E-state index contributed by atoms with van der Waals surface area (Å²) in [6.45, 7) is 1.96. The second-order valence-corrected chi connectivity index (χ2v) is 2.68. The molecule has 2 nitrogen and oxygen atoms in total. The van der Waals surface area contributed by atoms with Gasteiger partial charge in [-0.3, -0.25) is 0 Å². The molecule has 0 aliphatic heterocycles. The molecule has 0 aliphatic rings. The monoisotopic (exact) mass is 157 g/mol. The molecular formula is C10H9N2. The van der Waals surface area contributed by atoms with Crippen LogP contribution in [0.15, 0.2) is 30.5 Å². The summed E-state index contributed by atoms with van der Waals surface area (Å²) in [5.41, 5.74) is 2.08. The Morgan fingerprint density at radius 3 is 3.00 bits per heavy atom. The van der Waals surface area contributed by atoms with E-state index in [1.165, 1.54) is 0 Å². The van der Waals surface area contributed by atoms with Crippen LogP contribution in [0.25, 0.3) is 11.4 Å². The Hall–Kier alpha value is -1.57. The van der Waals surface area contributed by atoms with Gasteiger partial charge >= 0.3 is 0 Å². The summed E-state index contributed by atoms with van der Waals surface area (Å²) >= 11 is 0. The maximum absolute atomic E-state index is 4.31. The molecule has 0 amide bonds. The predicted octanol–water partition coefficient (Wildman–Crippen LogP) is 2.19. The minimum atomic E-state index is 0.907. The molecule has 0 atom stereocenters. The Kier molecular flexibility index (Phi) is 1.67. The van der Waals surface area contributed by atoms with Crippen molar-refractivity contribution in [2.75, 3.05) is 0 Å². The van der Waals surface area contributed by atoms with Crippen LogP contribution in [0.1, 0.15) is 5.69 Å². The van der Waals surface area contributed by atoms with Gasteiger partial charge in [-0.15, -0.1) is 0 Å². The quantitative estimate of drug-likeness (QED) is 0.675. The van der Waals surface area contributed by atoms with E-state index in [1.807, 2.05) is 37.4 Å². The first-order chi connectivity index (χ1) is 5.86. The van der Waals surface area contributed by atoms with Crippen molar-refractivity contribution in [3.63, 3.8) is 0 Å². The Bertz CT molecular complexity index is 362. The number of imidazole rings is 1. The number of nitrogens with one attached hydrogen (secondary N) is 1. The van der Waals surface area contributed by atoms with Crippen LogP contribution in [-0.2, 0) is 0 Å². The zero-order valence-corrected chi connectivity index (χ0v) is 6.83. The largest absolute Gasteiger partial charge is 0.344 e. The highest BCUT2D eigenvalue weighted by molar-refractivity contribution is 5.54. The Morgan fingerprint density at radius 1 is 1.50 bits per heavy atom. The zero-order valence-electron chi connectivity index (χ0n) is 6.83. The fourth-order valence-electron chi connectivity index (χ4n) is 1.10. The van der Waals surface area contributed by atoms with Crippen LogP contribution in [0, 0.1) is 13.0 Å². The summed E-state index contributed by atoms with van der Waals surface area (Å²) in [5, 5.41) is 0. The Balaban J connectivity index is 2.45. The summed E-state index contributed by atoms with van der Waals surface area (Å²) in [4.78, 5) is 7.40. The van der Waals surface area contributed by atoms with Crippen LogP contribution in [0.3, 0.4) is 0 Å². The highest BCUT2D eigenvalue weighted by Gasteiger charge is 1.98. The van der Waals surface area contributed by atoms with E-state index in [2.05, 4.69) is 16.0 Å². The van der Waals surface area contributed by atoms with Crippen LogP contribution >= 0.6 is 0 Å². The average molecular weight is 157 g/mol. The summed E-state index contributed by atoms with van der Waals surface area (Å²) in [5.74, 6) is 0.907. The molecule has 1 heterocycles. The SMILES string of the molecule is Cc1c[nH]c(-c2c[c]ccc2)n1. The summed E-state index contributed by atoms with van der Waals surface area (Å²) < 4.78 is 0. The molecule has 2 aromatic rings. The van der Waals surface area contributed by atoms with Crippen molar-refractivity contribution in [3.05, 3.63) is 42.2 Å². The van der Waals surface area contributed by atoms with Gasteiger partial charge in [0.25, 0.3) is 0 Å². The molecule has 0 bridgehead atoms. The van der Waals surface area contributed by atoms with Crippen LogP contribution in [0.2, 0.25) is 0 Å². The molecule has 0 spiro atoms. The lowest BCUT2D eigenvalue weighted by Gasteiger charge is -1.92. The molecule has 59 valence electrons. The molecule has 0 saturated carbocycles. The van der Waals surface area contributed by atoms with Gasteiger partial charge in [0.05, 0.1) is 5.69 Å². The third-order valence-corrected chi connectivity index (χ3v) is 1.69. The lowest BCUT2D eigenvalue weighted by molar-refractivity contribution is 1.25. The van der Waals surface area contributed by atoms with Crippen molar-refractivity contribution in [1.29, 1.82) is 0 Å². The maximum Gasteiger partial charge on any atom is 0.137 e. The van der Waals surface area contributed by atoms with Gasteiger partial charge in [-0.25, -0.2) is 4.98 Å². The standard InChI is InChI=1S/C10H9N2/c1-8-7-11-10(12-8)9-5-3-2-4-6-9/h2-3,5-7H,1H3,(H,11,12). The molecule has 2 heteroatoms. The Labute approximate surface area is 71.3 Å². The van der Waals surface area contributed by atoms with E-state index in [-0.39, 0.29) is 0 Å². The van der Waals surface area contributed by atoms with Gasteiger partial charge in [-0.05, 0) is 19.1 Å². The van der Waals surface area contributed by atoms with Crippen LogP contribution in [0.5, 0.6) is 0 Å². The minimum absolute atomic E-state index is 0.907. The van der Waals surface area contributed by atoms with E-state index >= 15 is 0 Å². The Morgan fingerprint density at radius 2 is 2.42 bits per heavy atom. The number of aromatic amines is 1. The van der Waals surface area contributed by atoms with Gasteiger partial charge in [0, 0.05) is 11.8 Å². The molecule has 0 aliphatic carbocycles. The smallest absolute Gasteiger partial charge is 0.137 e. The molecule has 2 rings (SSSR count). The van der Waals surface area contributed by atoms with Gasteiger partial charge in [0.2, 0.25) is 0 Å². The molecular weight excluding hydrogens is 148 g/mol. The van der Waals surface area contributed by atoms with Crippen LogP contribution < -0.4 is 0 Å². The molecule has 0 unspecified atom stereocenters. The van der Waals surface area contributed by atoms with E-state index < -0.39 is 0 Å². The first-order valence-electron chi connectivity index (χ1n) is 3.85. The second-order valence-electron chi connectivity index (χ2n) is 2.68. The number of benzene rings is 1. The number of rotatable bonds is 1. The van der Waals surface area contributed by atoms with Gasteiger partial charge in [-0.2, -0.15) is 0 Å². The molecule has 1 aromatic carbocycles. The zero-order chi connectivity index (χ0) is 8.39. The number of aromatic nitrogens is 2. The van der Waals surface area contributed by atoms with E-state index in [4.69, 9.17) is 0 Å². The van der Waals surface area contributed by atoms with Gasteiger partial charge in [-0.1, -0.05) is 18.2 Å². The van der Waals surface area contributed by atoms with Crippen molar-refractivity contribution >= 4 is 0 Å². The maximum atomic E-state index is 4.31. The number of nitrogens with zero attached hydrogens (tertiary/aromatic N) is 1. The second kappa shape index (κ2) is 2.81. The van der Waals surface area contributed by atoms with E-state index in [0.29, 0.717) is 0 Å². The van der Waals surface area contributed by atoms with Crippen molar-refractivity contribution in [3.8, 4) is 11.4 Å². The van der Waals surface area contributed by atoms with E-state index in [1.54, 1.807) is 0 Å². The van der Waals surface area contributed by atoms with Gasteiger partial charge < -0.3 is 4.98 Å². The van der Waals surface area contributed by atoms with Gasteiger partial charge in [0.1, 0.15) is 5.82 Å². The van der Waals surface area contributed by atoms with Crippen LogP contribution in [-0.4, -0.2) is 9.97 Å². The number of hydrogen-bond acceptors (Lipinski definition) is 1. The first kappa shape index (κ1) is 7.10. The van der Waals surface area contributed by atoms with Crippen molar-refractivity contribution in [1.82, 2.24) is 9.97 Å². The lowest BCUT2D eigenvalue weighted by Crippen LogP contribution is -1.78. The van der Waals surface area contributed by atoms with Crippen molar-refractivity contribution in [2.24, 2.45) is 0 Å². The highest BCUT2D eigenvalue weighted by Crippen LogP contribution is 2.13. The average Bonchev–Trinajstić information content (AvgIpc) is 2.54. The first-order valence-corrected chi connectivity index (χ1v) is 3.85. The lowest BCUT2D eigenvalue weighted by atomic mass is 10.2. The van der Waals surface area contributed by atoms with Gasteiger partial charge in [0.15, 0.2) is 0 Å². The topological polar surface area (TPSA) is 28.7 Å². The fraction of sp³-hybridized carbons (Fsp3) is 0.100.